The summed E-state index contributed by atoms with van der Waals surface area (Å²) in [6.07, 6.45) is 0. The van der Waals surface area contributed by atoms with Crippen LogP contribution in [-0.2, 0) is 0 Å². The molecule has 0 fully saturated rings. The zero-order chi connectivity index (χ0) is 41.0. The van der Waals surface area contributed by atoms with Gasteiger partial charge in [0, 0.05) is 62.6 Å². The van der Waals surface area contributed by atoms with Crippen LogP contribution in [0.4, 0.5) is 0 Å². The van der Waals surface area contributed by atoms with Gasteiger partial charge in [-0.1, -0.05) is 188 Å². The summed E-state index contributed by atoms with van der Waals surface area (Å²) in [6.45, 7) is 0. The summed E-state index contributed by atoms with van der Waals surface area (Å²) in [7, 11) is 0. The van der Waals surface area contributed by atoms with E-state index >= 15 is 0 Å². The molecule has 4 heteroatoms. The second-order valence-electron chi connectivity index (χ2n) is 15.6. The highest BCUT2D eigenvalue weighted by Crippen LogP contribution is 2.48. The third kappa shape index (κ3) is 6.23. The Morgan fingerprint density at radius 2 is 0.710 bits per heavy atom. The van der Waals surface area contributed by atoms with Gasteiger partial charge in [-0.3, -0.25) is 0 Å². The van der Waals surface area contributed by atoms with Crippen LogP contribution in [0.5, 0.6) is 0 Å². The second-order valence-corrected chi connectivity index (χ2v) is 17.7. The molecule has 12 rings (SSSR count). The van der Waals surface area contributed by atoms with Gasteiger partial charge >= 0.3 is 0 Å². The Labute approximate surface area is 367 Å². The predicted molar refractivity (Wildman–Crippen MR) is 266 cm³/mol. The summed E-state index contributed by atoms with van der Waals surface area (Å²) in [4.78, 5) is 11.3. The first-order chi connectivity index (χ1) is 30.7. The minimum Gasteiger partial charge on any atom is -0.228 e. The van der Waals surface area contributed by atoms with Crippen molar-refractivity contribution in [2.45, 2.75) is 0 Å². The Bertz CT molecular complexity index is 3490. The van der Waals surface area contributed by atoms with E-state index in [1.165, 1.54) is 45.9 Å². The second kappa shape index (κ2) is 15.2. The Hall–Kier alpha value is -7.50. The largest absolute Gasteiger partial charge is 0.228 e. The molecule has 9 aromatic carbocycles. The van der Waals surface area contributed by atoms with Crippen molar-refractivity contribution in [2.24, 2.45) is 0 Å². The van der Waals surface area contributed by atoms with Gasteiger partial charge in [0.05, 0.1) is 11.4 Å². The lowest BCUT2D eigenvalue weighted by Gasteiger charge is -2.21. The number of thiophene rings is 2. The summed E-state index contributed by atoms with van der Waals surface area (Å²) in [5, 5.41) is 5.02. The van der Waals surface area contributed by atoms with Gasteiger partial charge in [-0.25, -0.2) is 9.97 Å². The fourth-order valence-corrected chi connectivity index (χ4v) is 11.5. The monoisotopic (exact) mass is 824 g/mol. The van der Waals surface area contributed by atoms with Crippen LogP contribution < -0.4 is 0 Å². The number of nitrogens with zero attached hydrogens (tertiary/aromatic N) is 2. The molecule has 12 aromatic rings. The van der Waals surface area contributed by atoms with Crippen LogP contribution in [0.1, 0.15) is 0 Å². The molecule has 0 saturated carbocycles. The Kier molecular flexibility index (Phi) is 8.91. The summed E-state index contributed by atoms with van der Waals surface area (Å²) in [5.41, 5.74) is 14.1. The molecule has 0 amide bonds. The van der Waals surface area contributed by atoms with Gasteiger partial charge in [0.15, 0.2) is 5.82 Å². The zero-order valence-electron chi connectivity index (χ0n) is 33.5. The van der Waals surface area contributed by atoms with E-state index in [1.54, 1.807) is 0 Å². The predicted octanol–water partition coefficient (Wildman–Crippen LogP) is 16.9. The smallest absolute Gasteiger partial charge is 0.161 e. The minimum absolute atomic E-state index is 0.686. The fraction of sp³-hybridized carbons (Fsp3) is 0. The number of hydrogen-bond donors (Lipinski definition) is 0. The number of fused-ring (bicyclic) bond motifs is 6. The maximum Gasteiger partial charge on any atom is 0.161 e. The van der Waals surface area contributed by atoms with E-state index < -0.39 is 0 Å². The first kappa shape index (κ1) is 36.4. The van der Waals surface area contributed by atoms with Gasteiger partial charge in [0.2, 0.25) is 0 Å². The van der Waals surface area contributed by atoms with Crippen LogP contribution >= 0.6 is 22.7 Å². The first-order valence-corrected chi connectivity index (χ1v) is 22.5. The highest BCUT2D eigenvalue weighted by atomic mass is 32.1. The molecule has 0 atom stereocenters. The summed E-state index contributed by atoms with van der Waals surface area (Å²) in [5.74, 6) is 0.686. The Morgan fingerprint density at radius 1 is 0.274 bits per heavy atom. The molecule has 0 radical (unpaired) electrons. The number of benzene rings is 9. The van der Waals surface area contributed by atoms with Crippen molar-refractivity contribution in [3.8, 4) is 78.4 Å². The van der Waals surface area contributed by atoms with Crippen LogP contribution in [0.2, 0.25) is 0 Å². The topological polar surface area (TPSA) is 25.8 Å². The average Bonchev–Trinajstić information content (AvgIpc) is 3.93. The highest BCUT2D eigenvalue weighted by Gasteiger charge is 2.24. The maximum absolute atomic E-state index is 5.65. The third-order valence-electron chi connectivity index (χ3n) is 11.9. The molecule has 0 N–H and O–H groups in total. The quantitative estimate of drug-likeness (QED) is 0.160. The normalized spacial score (nSPS) is 11.5. The standard InChI is InChI=1S/C58H36N2S2/c1-4-17-37(18-5-1)40-23-14-24-41(35-40)55-49(34-33-42(38-19-6-2-7-20-38)54(55)39-21-8-3-9-22-39)58-59-50(47-29-15-27-45-43-25-10-12-31-52(43)61-56(45)47)36-51(60-58)48-30-16-28-46-44-26-11-13-32-53(44)62-57(46)48/h1-36H. The molecule has 0 bridgehead atoms. The van der Waals surface area contributed by atoms with E-state index in [4.69, 9.17) is 9.97 Å². The molecular formula is C58H36N2S2. The van der Waals surface area contributed by atoms with E-state index in [1.807, 2.05) is 22.7 Å². The molecule has 0 aliphatic rings. The van der Waals surface area contributed by atoms with Gasteiger partial charge in [-0.15, -0.1) is 22.7 Å². The number of rotatable bonds is 7. The molecule has 0 aliphatic carbocycles. The van der Waals surface area contributed by atoms with Crippen molar-refractivity contribution >= 4 is 63.0 Å². The molecule has 2 nitrogen and oxygen atoms in total. The molecule has 0 unspecified atom stereocenters. The van der Waals surface area contributed by atoms with Gasteiger partial charge in [0.1, 0.15) is 0 Å². The van der Waals surface area contributed by atoms with Gasteiger partial charge in [-0.2, -0.15) is 0 Å². The lowest BCUT2D eigenvalue weighted by atomic mass is 9.83. The van der Waals surface area contributed by atoms with Crippen LogP contribution in [0, 0.1) is 0 Å². The van der Waals surface area contributed by atoms with Gasteiger partial charge < -0.3 is 0 Å². The third-order valence-corrected chi connectivity index (χ3v) is 14.4. The molecule has 3 aromatic heterocycles. The van der Waals surface area contributed by atoms with Gasteiger partial charge in [0.25, 0.3) is 0 Å². The molecule has 62 heavy (non-hydrogen) atoms. The van der Waals surface area contributed by atoms with Crippen LogP contribution in [0.3, 0.4) is 0 Å². The lowest BCUT2D eigenvalue weighted by molar-refractivity contribution is 1.19. The number of hydrogen-bond acceptors (Lipinski definition) is 4. The lowest BCUT2D eigenvalue weighted by Crippen LogP contribution is -2.00. The first-order valence-electron chi connectivity index (χ1n) is 20.9. The van der Waals surface area contributed by atoms with Crippen molar-refractivity contribution in [2.75, 3.05) is 0 Å². The Morgan fingerprint density at radius 3 is 1.31 bits per heavy atom. The van der Waals surface area contributed by atoms with Crippen molar-refractivity contribution < 1.29 is 0 Å². The molecule has 0 spiro atoms. The van der Waals surface area contributed by atoms with E-state index in [9.17, 15) is 0 Å². The molecule has 0 aliphatic heterocycles. The molecule has 3 heterocycles. The zero-order valence-corrected chi connectivity index (χ0v) is 35.1. The average molecular weight is 825 g/mol. The van der Waals surface area contributed by atoms with Crippen molar-refractivity contribution in [1.82, 2.24) is 9.97 Å². The van der Waals surface area contributed by atoms with Crippen molar-refractivity contribution in [1.29, 1.82) is 0 Å². The number of aromatic nitrogens is 2. The van der Waals surface area contributed by atoms with E-state index in [0.29, 0.717) is 5.82 Å². The van der Waals surface area contributed by atoms with E-state index in [2.05, 4.69) is 218 Å². The molecular weight excluding hydrogens is 789 g/mol. The van der Waals surface area contributed by atoms with Crippen molar-refractivity contribution in [3.05, 3.63) is 218 Å². The van der Waals surface area contributed by atoms with Crippen LogP contribution in [-0.4, -0.2) is 9.97 Å². The maximum atomic E-state index is 5.65. The molecule has 0 saturated heterocycles. The molecule has 290 valence electrons. The van der Waals surface area contributed by atoms with Crippen LogP contribution in [0.25, 0.3) is 119 Å². The summed E-state index contributed by atoms with van der Waals surface area (Å²) >= 11 is 3.66. The summed E-state index contributed by atoms with van der Waals surface area (Å²) < 4.78 is 4.99. The van der Waals surface area contributed by atoms with E-state index in [0.717, 1.165) is 67.0 Å². The van der Waals surface area contributed by atoms with E-state index in [-0.39, 0.29) is 0 Å². The minimum atomic E-state index is 0.686. The Balaban J connectivity index is 1.19. The SMILES string of the molecule is c1ccc(-c2cccc(-c3c(-c4nc(-c5cccc6c5sc5ccccc56)cc(-c5cccc6c5sc5ccccc56)n4)ccc(-c4ccccc4)c3-c3ccccc3)c2)cc1. The highest BCUT2D eigenvalue weighted by molar-refractivity contribution is 7.26. The van der Waals surface area contributed by atoms with Crippen molar-refractivity contribution in [3.63, 3.8) is 0 Å². The van der Waals surface area contributed by atoms with Gasteiger partial charge in [-0.05, 0) is 69.3 Å². The fourth-order valence-electron chi connectivity index (χ4n) is 9.08. The van der Waals surface area contributed by atoms with Crippen LogP contribution in [0.15, 0.2) is 218 Å². The summed E-state index contributed by atoms with van der Waals surface area (Å²) in [6, 6.07) is 78.6.